The number of hydrogen-bond donors (Lipinski definition) is 1. The number of nitrogens with two attached hydrogens (primary N) is 1. The number of nitrogens with zero attached hydrogens (tertiary/aromatic N) is 2. The van der Waals surface area contributed by atoms with Gasteiger partial charge in [-0.1, -0.05) is 17.4 Å². The lowest BCUT2D eigenvalue weighted by molar-refractivity contribution is 0.300. The Hall–Kier alpha value is -0.660. The summed E-state index contributed by atoms with van der Waals surface area (Å²) in [4.78, 5) is 0. The van der Waals surface area contributed by atoms with E-state index in [0.29, 0.717) is 11.7 Å². The van der Waals surface area contributed by atoms with Crippen molar-refractivity contribution in [1.82, 2.24) is 10.2 Å². The van der Waals surface area contributed by atoms with Gasteiger partial charge >= 0.3 is 0 Å². The van der Waals surface area contributed by atoms with E-state index in [1.807, 2.05) is 18.2 Å². The summed E-state index contributed by atoms with van der Waals surface area (Å²) >= 11 is 8.15. The van der Waals surface area contributed by atoms with E-state index < -0.39 is 0 Å². The van der Waals surface area contributed by atoms with Gasteiger partial charge in [0.15, 0.2) is 5.01 Å². The van der Waals surface area contributed by atoms with Crippen LogP contribution in [-0.4, -0.2) is 10.2 Å². The van der Waals surface area contributed by atoms with Crippen LogP contribution < -0.4 is 10.5 Å². The second-order valence-corrected chi connectivity index (χ2v) is 5.68. The first kappa shape index (κ1) is 11.8. The third-order valence-corrected chi connectivity index (χ3v) is 3.72. The predicted octanol–water partition coefficient (Wildman–Crippen LogP) is 3.22. The van der Waals surface area contributed by atoms with Crippen molar-refractivity contribution >= 4 is 48.3 Å². The minimum Gasteiger partial charge on any atom is -0.484 e. The Bertz CT molecular complexity index is 483. The van der Waals surface area contributed by atoms with Crippen LogP contribution in [0.4, 0.5) is 5.13 Å². The van der Waals surface area contributed by atoms with E-state index in [4.69, 9.17) is 10.5 Å². The lowest BCUT2D eigenvalue weighted by atomic mass is 10.3. The maximum Gasteiger partial charge on any atom is 0.203 e. The fourth-order valence-corrected chi connectivity index (χ4v) is 2.83. The maximum atomic E-state index is 5.63. The van der Waals surface area contributed by atoms with Gasteiger partial charge in [-0.15, -0.1) is 10.2 Å². The highest BCUT2D eigenvalue weighted by Crippen LogP contribution is 2.33. The summed E-state index contributed by atoms with van der Waals surface area (Å²) in [5, 5.41) is 8.79. The lowest BCUT2D eigenvalue weighted by Gasteiger charge is -2.07. The van der Waals surface area contributed by atoms with Crippen LogP contribution in [0.3, 0.4) is 0 Å². The Morgan fingerprint density at radius 3 is 2.50 bits per heavy atom. The zero-order chi connectivity index (χ0) is 11.5. The average molecular weight is 365 g/mol. The first-order chi connectivity index (χ1) is 7.66. The van der Waals surface area contributed by atoms with E-state index in [-0.39, 0.29) is 0 Å². The Kier molecular flexibility index (Phi) is 3.78. The van der Waals surface area contributed by atoms with Gasteiger partial charge in [-0.25, -0.2) is 0 Å². The Morgan fingerprint density at radius 2 is 1.94 bits per heavy atom. The molecule has 2 aromatic rings. The molecule has 0 saturated heterocycles. The van der Waals surface area contributed by atoms with Crippen LogP contribution in [0.25, 0.3) is 0 Å². The fourth-order valence-electron chi connectivity index (χ4n) is 1.08. The van der Waals surface area contributed by atoms with Crippen LogP contribution in [0.1, 0.15) is 5.01 Å². The third-order valence-electron chi connectivity index (χ3n) is 1.74. The number of benzene rings is 1. The summed E-state index contributed by atoms with van der Waals surface area (Å²) in [5.74, 6) is 0.747. The zero-order valence-corrected chi connectivity index (χ0v) is 12.0. The summed E-state index contributed by atoms with van der Waals surface area (Å²) in [5.41, 5.74) is 5.48. The number of nitrogen functional groups attached to an aromatic ring is 1. The maximum absolute atomic E-state index is 5.63. The molecular formula is C9H7Br2N3OS. The topological polar surface area (TPSA) is 61.0 Å². The molecule has 0 aliphatic carbocycles. The van der Waals surface area contributed by atoms with Crippen molar-refractivity contribution in [3.8, 4) is 5.75 Å². The number of anilines is 1. The van der Waals surface area contributed by atoms with Crippen molar-refractivity contribution < 1.29 is 4.74 Å². The van der Waals surface area contributed by atoms with Gasteiger partial charge in [0.1, 0.15) is 12.4 Å². The molecule has 0 saturated carbocycles. The molecule has 0 aliphatic rings. The van der Waals surface area contributed by atoms with Crippen molar-refractivity contribution in [2.45, 2.75) is 6.61 Å². The van der Waals surface area contributed by atoms with E-state index in [0.717, 1.165) is 19.7 Å². The minimum atomic E-state index is 0.357. The van der Waals surface area contributed by atoms with Gasteiger partial charge in [-0.2, -0.15) is 0 Å². The molecule has 0 fully saturated rings. The van der Waals surface area contributed by atoms with Gasteiger partial charge in [0.05, 0.1) is 8.95 Å². The SMILES string of the molecule is Nc1nnc(COc2c(Br)cccc2Br)s1. The highest BCUT2D eigenvalue weighted by Gasteiger charge is 2.08. The number of ether oxygens (including phenoxy) is 1. The zero-order valence-electron chi connectivity index (χ0n) is 7.98. The van der Waals surface area contributed by atoms with Crippen LogP contribution in [0.5, 0.6) is 5.75 Å². The fraction of sp³-hybridized carbons (Fsp3) is 0.111. The average Bonchev–Trinajstić information content (AvgIpc) is 2.63. The second-order valence-electron chi connectivity index (χ2n) is 2.87. The predicted molar refractivity (Wildman–Crippen MR) is 70.5 cm³/mol. The van der Waals surface area contributed by atoms with Crippen LogP contribution in [0, 0.1) is 0 Å². The number of rotatable bonds is 3. The molecule has 84 valence electrons. The molecule has 16 heavy (non-hydrogen) atoms. The number of para-hydroxylation sites is 1. The highest BCUT2D eigenvalue weighted by atomic mass is 79.9. The molecular weight excluding hydrogens is 358 g/mol. The largest absolute Gasteiger partial charge is 0.484 e. The molecule has 2 rings (SSSR count). The molecule has 0 aliphatic heterocycles. The van der Waals surface area contributed by atoms with Crippen LogP contribution in [0.2, 0.25) is 0 Å². The first-order valence-electron chi connectivity index (χ1n) is 4.31. The summed E-state index contributed by atoms with van der Waals surface area (Å²) < 4.78 is 7.40. The molecule has 1 aromatic heterocycles. The van der Waals surface area contributed by atoms with Crippen LogP contribution in [0.15, 0.2) is 27.1 Å². The molecule has 1 heterocycles. The minimum absolute atomic E-state index is 0.357. The van der Waals surface area contributed by atoms with Gasteiger partial charge in [0, 0.05) is 0 Å². The third kappa shape index (κ3) is 2.72. The normalized spacial score (nSPS) is 10.4. The van der Waals surface area contributed by atoms with E-state index >= 15 is 0 Å². The summed E-state index contributed by atoms with van der Waals surface area (Å²) in [6.07, 6.45) is 0. The van der Waals surface area contributed by atoms with E-state index in [1.165, 1.54) is 11.3 Å². The van der Waals surface area contributed by atoms with Crippen molar-refractivity contribution in [1.29, 1.82) is 0 Å². The molecule has 7 heteroatoms. The summed E-state index contributed by atoms with van der Waals surface area (Å²) in [7, 11) is 0. The van der Waals surface area contributed by atoms with Crippen molar-refractivity contribution in [2.24, 2.45) is 0 Å². The molecule has 1 aromatic carbocycles. The Morgan fingerprint density at radius 1 is 1.25 bits per heavy atom. The quantitative estimate of drug-likeness (QED) is 0.908. The van der Waals surface area contributed by atoms with Gasteiger partial charge in [-0.05, 0) is 44.0 Å². The molecule has 0 unspecified atom stereocenters. The van der Waals surface area contributed by atoms with Crippen LogP contribution in [-0.2, 0) is 6.61 Å². The van der Waals surface area contributed by atoms with E-state index in [2.05, 4.69) is 42.1 Å². The second kappa shape index (κ2) is 5.11. The molecule has 0 atom stereocenters. The van der Waals surface area contributed by atoms with Crippen molar-refractivity contribution in [3.05, 3.63) is 32.2 Å². The Balaban J connectivity index is 2.10. The molecule has 0 bridgehead atoms. The molecule has 2 N–H and O–H groups in total. The smallest absolute Gasteiger partial charge is 0.203 e. The van der Waals surface area contributed by atoms with E-state index in [1.54, 1.807) is 0 Å². The molecule has 4 nitrogen and oxygen atoms in total. The van der Waals surface area contributed by atoms with Crippen molar-refractivity contribution in [2.75, 3.05) is 5.73 Å². The summed E-state index contributed by atoms with van der Waals surface area (Å²) in [6, 6.07) is 5.74. The van der Waals surface area contributed by atoms with Crippen molar-refractivity contribution in [3.63, 3.8) is 0 Å². The van der Waals surface area contributed by atoms with Gasteiger partial charge in [-0.3, -0.25) is 0 Å². The lowest BCUT2D eigenvalue weighted by Crippen LogP contribution is -1.96. The summed E-state index contributed by atoms with van der Waals surface area (Å²) in [6.45, 7) is 0.357. The number of aromatic nitrogens is 2. The Labute approximate surface area is 113 Å². The van der Waals surface area contributed by atoms with Gasteiger partial charge in [0.25, 0.3) is 0 Å². The first-order valence-corrected chi connectivity index (χ1v) is 6.71. The molecule has 0 spiro atoms. The standard InChI is InChI=1S/C9H7Br2N3OS/c10-5-2-1-3-6(11)8(5)15-4-7-13-14-9(12)16-7/h1-3H,4H2,(H2,12,14). The van der Waals surface area contributed by atoms with Gasteiger partial charge < -0.3 is 10.5 Å². The number of hydrogen-bond acceptors (Lipinski definition) is 5. The molecule has 0 amide bonds. The molecule has 0 radical (unpaired) electrons. The van der Waals surface area contributed by atoms with Crippen LogP contribution >= 0.6 is 43.2 Å². The van der Waals surface area contributed by atoms with Gasteiger partial charge in [0.2, 0.25) is 5.13 Å². The monoisotopic (exact) mass is 363 g/mol. The highest BCUT2D eigenvalue weighted by molar-refractivity contribution is 9.11. The van der Waals surface area contributed by atoms with E-state index in [9.17, 15) is 0 Å². The number of halogens is 2.